The van der Waals surface area contributed by atoms with Crippen molar-refractivity contribution in [1.29, 1.82) is 0 Å². The molecule has 1 rings (SSSR count). The molecule has 0 saturated heterocycles. The van der Waals surface area contributed by atoms with Gasteiger partial charge in [-0.3, -0.25) is 4.90 Å². The van der Waals surface area contributed by atoms with Gasteiger partial charge in [-0.15, -0.1) is 0 Å². The van der Waals surface area contributed by atoms with Crippen LogP contribution in [-0.4, -0.2) is 62.2 Å². The highest BCUT2D eigenvalue weighted by molar-refractivity contribution is 4.95. The Hall–Kier alpha value is -0.120. The number of hydrogen-bond donors (Lipinski definition) is 1. The second kappa shape index (κ2) is 7.05. The monoisotopic (exact) mass is 269 g/mol. The topological polar surface area (TPSA) is 18.5 Å². The van der Waals surface area contributed by atoms with Crippen molar-refractivity contribution in [2.45, 2.75) is 65.1 Å². The quantitative estimate of drug-likeness (QED) is 0.799. The van der Waals surface area contributed by atoms with Gasteiger partial charge in [-0.1, -0.05) is 20.8 Å². The van der Waals surface area contributed by atoms with E-state index in [1.54, 1.807) is 0 Å². The van der Waals surface area contributed by atoms with E-state index in [9.17, 15) is 0 Å². The first-order valence-electron chi connectivity index (χ1n) is 7.88. The van der Waals surface area contributed by atoms with Crippen LogP contribution in [0.15, 0.2) is 0 Å². The summed E-state index contributed by atoms with van der Waals surface area (Å²) in [5.41, 5.74) is 0.489. The van der Waals surface area contributed by atoms with Crippen molar-refractivity contribution in [3.05, 3.63) is 0 Å². The fourth-order valence-corrected chi connectivity index (χ4v) is 3.74. The molecular formula is C16H35N3. The third-order valence-electron chi connectivity index (χ3n) is 4.72. The lowest BCUT2D eigenvalue weighted by Gasteiger charge is -2.48. The molecule has 1 aliphatic rings. The molecule has 0 aromatic rings. The van der Waals surface area contributed by atoms with Crippen LogP contribution in [0.25, 0.3) is 0 Å². The molecule has 0 aromatic carbocycles. The number of hydrogen-bond acceptors (Lipinski definition) is 3. The third kappa shape index (κ3) is 4.73. The van der Waals surface area contributed by atoms with E-state index in [1.165, 1.54) is 19.3 Å². The highest BCUT2D eigenvalue weighted by Crippen LogP contribution is 2.38. The summed E-state index contributed by atoms with van der Waals surface area (Å²) in [5.74, 6) is 0. The Morgan fingerprint density at radius 3 is 2.42 bits per heavy atom. The lowest BCUT2D eigenvalue weighted by Crippen LogP contribution is -2.57. The molecule has 3 atom stereocenters. The largest absolute Gasteiger partial charge is 0.315 e. The number of likely N-dealkylation sites (N-methyl/N-ethyl adjacent to an activating group) is 3. The maximum absolute atomic E-state index is 3.56. The summed E-state index contributed by atoms with van der Waals surface area (Å²) >= 11 is 0. The minimum Gasteiger partial charge on any atom is -0.315 e. The summed E-state index contributed by atoms with van der Waals surface area (Å²) in [5, 5.41) is 3.56. The van der Waals surface area contributed by atoms with E-state index >= 15 is 0 Å². The fourth-order valence-electron chi connectivity index (χ4n) is 3.74. The second-order valence-corrected chi connectivity index (χ2v) is 7.31. The zero-order chi connectivity index (χ0) is 14.6. The number of nitrogens with one attached hydrogen (secondary N) is 1. The average molecular weight is 269 g/mol. The van der Waals surface area contributed by atoms with Gasteiger partial charge in [0.1, 0.15) is 0 Å². The van der Waals surface area contributed by atoms with Gasteiger partial charge in [-0.2, -0.15) is 0 Å². The third-order valence-corrected chi connectivity index (χ3v) is 4.72. The predicted molar refractivity (Wildman–Crippen MR) is 84.7 cm³/mol. The zero-order valence-electron chi connectivity index (χ0n) is 14.2. The Kier molecular flexibility index (Phi) is 6.28. The molecule has 3 nitrogen and oxygen atoms in total. The van der Waals surface area contributed by atoms with Crippen molar-refractivity contribution < 1.29 is 0 Å². The van der Waals surface area contributed by atoms with E-state index in [-0.39, 0.29) is 0 Å². The maximum atomic E-state index is 3.56. The average Bonchev–Trinajstić information content (AvgIpc) is 2.28. The van der Waals surface area contributed by atoms with E-state index in [1.807, 2.05) is 0 Å². The molecule has 0 radical (unpaired) electrons. The van der Waals surface area contributed by atoms with Crippen LogP contribution in [0.5, 0.6) is 0 Å². The van der Waals surface area contributed by atoms with Crippen molar-refractivity contribution in [3.63, 3.8) is 0 Å². The van der Waals surface area contributed by atoms with Crippen LogP contribution >= 0.6 is 0 Å². The predicted octanol–water partition coefficient (Wildman–Crippen LogP) is 2.43. The first-order valence-corrected chi connectivity index (χ1v) is 7.88. The van der Waals surface area contributed by atoms with Gasteiger partial charge in [0.15, 0.2) is 0 Å². The molecule has 0 aliphatic heterocycles. The molecule has 19 heavy (non-hydrogen) atoms. The molecule has 0 amide bonds. The normalized spacial score (nSPS) is 28.9. The van der Waals surface area contributed by atoms with Crippen molar-refractivity contribution in [2.75, 3.05) is 34.2 Å². The second-order valence-electron chi connectivity index (χ2n) is 7.31. The van der Waals surface area contributed by atoms with Crippen LogP contribution < -0.4 is 5.32 Å². The van der Waals surface area contributed by atoms with Gasteiger partial charge in [0.2, 0.25) is 0 Å². The Morgan fingerprint density at radius 2 is 1.95 bits per heavy atom. The van der Waals surface area contributed by atoms with Crippen molar-refractivity contribution in [1.82, 2.24) is 15.1 Å². The molecule has 1 fully saturated rings. The number of rotatable bonds is 6. The van der Waals surface area contributed by atoms with Gasteiger partial charge < -0.3 is 10.2 Å². The van der Waals surface area contributed by atoms with E-state index in [0.717, 1.165) is 13.1 Å². The Balaban J connectivity index is 2.79. The molecule has 0 heterocycles. The summed E-state index contributed by atoms with van der Waals surface area (Å²) in [6.45, 7) is 11.8. The first-order chi connectivity index (χ1) is 8.80. The summed E-state index contributed by atoms with van der Waals surface area (Å²) in [6.07, 6.45) is 3.96. The van der Waals surface area contributed by atoms with Crippen LogP contribution in [0, 0.1) is 5.41 Å². The van der Waals surface area contributed by atoms with Gasteiger partial charge in [-0.25, -0.2) is 0 Å². The highest BCUT2D eigenvalue weighted by Gasteiger charge is 2.38. The summed E-state index contributed by atoms with van der Waals surface area (Å²) in [6, 6.07) is 1.95. The Labute approximate surface area is 120 Å². The van der Waals surface area contributed by atoms with Gasteiger partial charge in [-0.05, 0) is 59.3 Å². The molecular weight excluding hydrogens is 234 g/mol. The molecule has 3 unspecified atom stereocenters. The molecule has 114 valence electrons. The standard InChI is InChI=1S/C16H35N3/c1-8-19(13(2)12-18(6)7)15-11-16(3,4)10-9-14(15)17-5/h13-15,17H,8-12H2,1-7H3. The van der Waals surface area contributed by atoms with Crippen LogP contribution in [0.1, 0.15) is 47.0 Å². The van der Waals surface area contributed by atoms with Crippen molar-refractivity contribution in [2.24, 2.45) is 5.41 Å². The van der Waals surface area contributed by atoms with E-state index in [0.29, 0.717) is 23.5 Å². The van der Waals surface area contributed by atoms with Crippen molar-refractivity contribution >= 4 is 0 Å². The molecule has 3 heteroatoms. The fraction of sp³-hybridized carbons (Fsp3) is 1.00. The summed E-state index contributed by atoms with van der Waals surface area (Å²) in [7, 11) is 6.47. The summed E-state index contributed by atoms with van der Waals surface area (Å²) < 4.78 is 0. The van der Waals surface area contributed by atoms with E-state index < -0.39 is 0 Å². The molecule has 0 spiro atoms. The number of nitrogens with zero attached hydrogens (tertiary/aromatic N) is 2. The van der Waals surface area contributed by atoms with Crippen molar-refractivity contribution in [3.8, 4) is 0 Å². The lowest BCUT2D eigenvalue weighted by molar-refractivity contribution is 0.0388. The lowest BCUT2D eigenvalue weighted by atomic mass is 9.72. The minimum absolute atomic E-state index is 0.489. The summed E-state index contributed by atoms with van der Waals surface area (Å²) in [4.78, 5) is 5.01. The van der Waals surface area contributed by atoms with Gasteiger partial charge in [0.05, 0.1) is 0 Å². The molecule has 1 N–H and O–H groups in total. The molecule has 1 aliphatic carbocycles. The minimum atomic E-state index is 0.489. The van der Waals surface area contributed by atoms with Crippen LogP contribution in [-0.2, 0) is 0 Å². The smallest absolute Gasteiger partial charge is 0.0257 e. The molecule has 1 saturated carbocycles. The first kappa shape index (κ1) is 16.9. The van der Waals surface area contributed by atoms with Crippen LogP contribution in [0.4, 0.5) is 0 Å². The van der Waals surface area contributed by atoms with E-state index in [4.69, 9.17) is 0 Å². The van der Waals surface area contributed by atoms with E-state index in [2.05, 4.69) is 64.0 Å². The van der Waals surface area contributed by atoms with Crippen LogP contribution in [0.3, 0.4) is 0 Å². The SMILES string of the molecule is CCN(C(C)CN(C)C)C1CC(C)(C)CCC1NC. The van der Waals surface area contributed by atoms with Gasteiger partial charge >= 0.3 is 0 Å². The Morgan fingerprint density at radius 1 is 1.32 bits per heavy atom. The Bertz CT molecular complexity index is 263. The highest BCUT2D eigenvalue weighted by atomic mass is 15.2. The van der Waals surface area contributed by atoms with Crippen LogP contribution in [0.2, 0.25) is 0 Å². The maximum Gasteiger partial charge on any atom is 0.0257 e. The molecule has 0 aromatic heterocycles. The molecule has 0 bridgehead atoms. The zero-order valence-corrected chi connectivity index (χ0v) is 14.2. The van der Waals surface area contributed by atoms with Gasteiger partial charge in [0.25, 0.3) is 0 Å². The van der Waals surface area contributed by atoms with Gasteiger partial charge in [0, 0.05) is 24.7 Å².